The van der Waals surface area contributed by atoms with E-state index in [4.69, 9.17) is 5.73 Å². The number of amides is 1. The number of nitrogens with two attached hydrogens (primary N) is 1. The summed E-state index contributed by atoms with van der Waals surface area (Å²) in [6, 6.07) is 11.9. The molecule has 1 aliphatic carbocycles. The van der Waals surface area contributed by atoms with Crippen LogP contribution in [-0.2, 0) is 11.2 Å². The lowest BCUT2D eigenvalue weighted by molar-refractivity contribution is -0.123. The lowest BCUT2D eigenvalue weighted by Crippen LogP contribution is -2.46. The molecule has 2 aromatic rings. The third kappa shape index (κ3) is 3.97. The predicted octanol–water partition coefficient (Wildman–Crippen LogP) is 1.41. The van der Waals surface area contributed by atoms with Crippen LogP contribution in [0.2, 0.25) is 0 Å². The van der Waals surface area contributed by atoms with E-state index in [9.17, 15) is 10.1 Å². The van der Waals surface area contributed by atoms with Crippen molar-refractivity contribution >= 4 is 11.7 Å². The van der Waals surface area contributed by atoms with Gasteiger partial charge in [-0.15, -0.1) is 0 Å². The number of nitrogens with zero attached hydrogens (tertiary/aromatic N) is 3. The van der Waals surface area contributed by atoms with Crippen molar-refractivity contribution in [2.24, 2.45) is 5.92 Å². The van der Waals surface area contributed by atoms with Crippen LogP contribution in [0.5, 0.6) is 0 Å². The molecule has 5 N–H and O–H groups in total. The van der Waals surface area contributed by atoms with E-state index in [2.05, 4.69) is 27.3 Å². The van der Waals surface area contributed by atoms with Crippen molar-refractivity contribution in [3.8, 4) is 11.8 Å². The van der Waals surface area contributed by atoms with Crippen molar-refractivity contribution in [2.75, 3.05) is 12.3 Å². The Morgan fingerprint density at radius 1 is 1.28 bits per heavy atom. The highest BCUT2D eigenvalue weighted by Gasteiger charge is 2.40. The Morgan fingerprint density at radius 3 is 2.86 bits per heavy atom. The molecule has 1 saturated heterocycles. The number of hydrogen-bond donors (Lipinski definition) is 4. The molecule has 8 heteroatoms. The molecule has 152 valence electrons. The van der Waals surface area contributed by atoms with Gasteiger partial charge in [0.1, 0.15) is 23.5 Å². The predicted molar refractivity (Wildman–Crippen MR) is 110 cm³/mol. The number of rotatable bonds is 6. The number of fused-ring (bicyclic) bond motifs is 1. The summed E-state index contributed by atoms with van der Waals surface area (Å²) in [6.45, 7) is 0.539. The average Bonchev–Trinajstić information content (AvgIpc) is 3.32. The number of carbonyl (C=O) groups is 1. The molecule has 1 aliphatic heterocycles. The van der Waals surface area contributed by atoms with E-state index in [0.717, 1.165) is 18.5 Å². The Kier molecular flexibility index (Phi) is 5.79. The molecule has 8 nitrogen and oxygen atoms in total. The standard InChI is InChI=1S/C21H27N7O/c22-13-16-18(27-28(20(16)23)14-7-2-1-3-8-14)11-6-12-24-21(29)19-15-9-4-5-10-17(15)25-26-19/h1-3,7-8,15,17,19,25-26H,4-6,9-12,23H2,(H,24,29). The maximum atomic E-state index is 12.6. The zero-order valence-electron chi connectivity index (χ0n) is 16.4. The highest BCUT2D eigenvalue weighted by atomic mass is 16.2. The summed E-state index contributed by atoms with van der Waals surface area (Å²) in [5.74, 6) is 0.763. The van der Waals surface area contributed by atoms with Gasteiger partial charge in [-0.3, -0.25) is 10.2 Å². The van der Waals surface area contributed by atoms with E-state index in [1.54, 1.807) is 4.68 Å². The molecule has 1 aromatic heterocycles. The number of nitrogen functional groups attached to an aromatic ring is 1. The first-order valence-electron chi connectivity index (χ1n) is 10.3. The van der Waals surface area contributed by atoms with Crippen LogP contribution >= 0.6 is 0 Å². The van der Waals surface area contributed by atoms with Gasteiger partial charge in [0.25, 0.3) is 0 Å². The summed E-state index contributed by atoms with van der Waals surface area (Å²) >= 11 is 0. The van der Waals surface area contributed by atoms with Gasteiger partial charge in [0.05, 0.1) is 11.4 Å². The molecule has 29 heavy (non-hydrogen) atoms. The number of nitriles is 1. The first-order chi connectivity index (χ1) is 14.2. The molecule has 2 fully saturated rings. The van der Waals surface area contributed by atoms with E-state index >= 15 is 0 Å². The topological polar surface area (TPSA) is 121 Å². The minimum Gasteiger partial charge on any atom is -0.382 e. The van der Waals surface area contributed by atoms with Crippen LogP contribution in [0.25, 0.3) is 5.69 Å². The van der Waals surface area contributed by atoms with Crippen LogP contribution in [0.15, 0.2) is 30.3 Å². The van der Waals surface area contributed by atoms with Crippen molar-refractivity contribution in [2.45, 2.75) is 50.6 Å². The van der Waals surface area contributed by atoms with E-state index < -0.39 is 0 Å². The van der Waals surface area contributed by atoms with E-state index in [-0.39, 0.29) is 11.9 Å². The van der Waals surface area contributed by atoms with Crippen molar-refractivity contribution < 1.29 is 4.79 Å². The molecule has 1 amide bonds. The fourth-order valence-electron chi connectivity index (χ4n) is 4.42. The molecule has 2 heterocycles. The number of carbonyl (C=O) groups excluding carboxylic acids is 1. The quantitative estimate of drug-likeness (QED) is 0.551. The fraction of sp³-hybridized carbons (Fsp3) is 0.476. The highest BCUT2D eigenvalue weighted by Crippen LogP contribution is 2.30. The summed E-state index contributed by atoms with van der Waals surface area (Å²) < 4.78 is 1.60. The second kappa shape index (κ2) is 8.64. The number of benzene rings is 1. The van der Waals surface area contributed by atoms with Crippen LogP contribution in [0.4, 0.5) is 5.82 Å². The number of aromatic nitrogens is 2. The van der Waals surface area contributed by atoms with Crippen molar-refractivity contribution in [3.05, 3.63) is 41.6 Å². The SMILES string of the molecule is N#Cc1c(CCCNC(=O)C2NNC3CCCCC32)nn(-c2ccccc2)c1N. The van der Waals surface area contributed by atoms with Gasteiger partial charge in [0, 0.05) is 18.5 Å². The Hall–Kier alpha value is -2.89. The zero-order valence-corrected chi connectivity index (χ0v) is 16.4. The minimum absolute atomic E-state index is 0.0433. The third-order valence-electron chi connectivity index (χ3n) is 5.95. The Bertz CT molecular complexity index is 902. The lowest BCUT2D eigenvalue weighted by Gasteiger charge is -2.26. The molecule has 4 rings (SSSR count). The van der Waals surface area contributed by atoms with Gasteiger partial charge in [0.2, 0.25) is 5.91 Å². The Balaban J connectivity index is 1.33. The number of aryl methyl sites for hydroxylation is 1. The number of hydrogen-bond acceptors (Lipinski definition) is 6. The van der Waals surface area contributed by atoms with Gasteiger partial charge in [-0.2, -0.15) is 10.4 Å². The first kappa shape index (κ1) is 19.4. The molecule has 0 spiro atoms. The number of anilines is 1. The van der Waals surface area contributed by atoms with Gasteiger partial charge in [0.15, 0.2) is 0 Å². The Morgan fingerprint density at radius 2 is 2.07 bits per heavy atom. The number of hydrazine groups is 1. The molecular weight excluding hydrogens is 366 g/mol. The maximum Gasteiger partial charge on any atom is 0.238 e. The van der Waals surface area contributed by atoms with E-state index in [1.165, 1.54) is 12.8 Å². The molecular formula is C21H27N7O. The van der Waals surface area contributed by atoms with Gasteiger partial charge >= 0.3 is 0 Å². The average molecular weight is 393 g/mol. The summed E-state index contributed by atoms with van der Waals surface area (Å²) in [6.07, 6.45) is 5.91. The van der Waals surface area contributed by atoms with Crippen molar-refractivity contribution in [1.82, 2.24) is 25.9 Å². The molecule has 3 unspecified atom stereocenters. The lowest BCUT2D eigenvalue weighted by atomic mass is 9.81. The molecule has 1 aromatic carbocycles. The van der Waals surface area contributed by atoms with Crippen molar-refractivity contribution in [3.63, 3.8) is 0 Å². The second-order valence-corrected chi connectivity index (χ2v) is 7.78. The van der Waals surface area contributed by atoms with Crippen LogP contribution in [0.3, 0.4) is 0 Å². The van der Waals surface area contributed by atoms with Crippen LogP contribution in [-0.4, -0.2) is 34.3 Å². The maximum absolute atomic E-state index is 12.6. The van der Waals surface area contributed by atoms with Crippen LogP contribution < -0.4 is 21.9 Å². The summed E-state index contributed by atoms with van der Waals surface area (Å²) in [4.78, 5) is 12.6. The summed E-state index contributed by atoms with van der Waals surface area (Å²) in [7, 11) is 0. The van der Waals surface area contributed by atoms with Gasteiger partial charge in [-0.1, -0.05) is 31.0 Å². The highest BCUT2D eigenvalue weighted by molar-refractivity contribution is 5.82. The summed E-state index contributed by atoms with van der Waals surface area (Å²) in [5.41, 5.74) is 14.5. The molecule has 1 saturated carbocycles. The fourth-order valence-corrected chi connectivity index (χ4v) is 4.42. The molecule has 2 aliphatic rings. The van der Waals surface area contributed by atoms with Gasteiger partial charge in [-0.05, 0) is 37.8 Å². The van der Waals surface area contributed by atoms with Crippen LogP contribution in [0, 0.1) is 17.2 Å². The second-order valence-electron chi connectivity index (χ2n) is 7.78. The largest absolute Gasteiger partial charge is 0.382 e. The Labute approximate surface area is 170 Å². The van der Waals surface area contributed by atoms with Gasteiger partial charge in [-0.25, -0.2) is 10.1 Å². The molecule has 0 bridgehead atoms. The normalized spacial score (nSPS) is 23.3. The van der Waals surface area contributed by atoms with Gasteiger partial charge < -0.3 is 11.1 Å². The van der Waals surface area contributed by atoms with E-state index in [1.807, 2.05) is 30.3 Å². The first-order valence-corrected chi connectivity index (χ1v) is 10.3. The number of para-hydroxylation sites is 1. The van der Waals surface area contributed by atoms with Crippen LogP contribution in [0.1, 0.15) is 43.4 Å². The monoisotopic (exact) mass is 393 g/mol. The third-order valence-corrected chi connectivity index (χ3v) is 5.95. The number of nitrogens with one attached hydrogen (secondary N) is 3. The smallest absolute Gasteiger partial charge is 0.238 e. The van der Waals surface area contributed by atoms with Crippen molar-refractivity contribution in [1.29, 1.82) is 5.26 Å². The minimum atomic E-state index is -0.164. The summed E-state index contributed by atoms with van der Waals surface area (Å²) in [5, 5.41) is 17.1. The molecule has 3 atom stereocenters. The van der Waals surface area contributed by atoms with E-state index in [0.29, 0.717) is 48.4 Å². The zero-order chi connectivity index (χ0) is 20.2. The molecule has 0 radical (unpaired) electrons.